The van der Waals surface area contributed by atoms with Gasteiger partial charge >= 0.3 is 5.97 Å². The second-order valence-electron chi connectivity index (χ2n) is 7.94. The van der Waals surface area contributed by atoms with E-state index in [1.165, 1.54) is 17.8 Å². The van der Waals surface area contributed by atoms with Crippen molar-refractivity contribution in [1.29, 1.82) is 0 Å². The standard InChI is InChI=1S/C22H24ClNO5S/c1-14(2)15-5-8-19(9-6-15)30(27,28)24-18(13-29-22(3,4)21(25)26)12-16-11-17(23)7-10-20(16)24/h5-12,14H,13H2,1-4H3,(H,25,26). The van der Waals surface area contributed by atoms with E-state index in [0.29, 0.717) is 21.6 Å². The minimum Gasteiger partial charge on any atom is -0.479 e. The van der Waals surface area contributed by atoms with Gasteiger partial charge in [-0.25, -0.2) is 17.2 Å². The average Bonchev–Trinajstić information content (AvgIpc) is 3.04. The Morgan fingerprint density at radius 3 is 2.33 bits per heavy atom. The van der Waals surface area contributed by atoms with Crippen molar-refractivity contribution in [3.63, 3.8) is 0 Å². The van der Waals surface area contributed by atoms with Crippen LogP contribution < -0.4 is 0 Å². The summed E-state index contributed by atoms with van der Waals surface area (Å²) >= 11 is 6.08. The highest BCUT2D eigenvalue weighted by atomic mass is 35.5. The van der Waals surface area contributed by atoms with Gasteiger partial charge in [0.05, 0.1) is 22.7 Å². The van der Waals surface area contributed by atoms with E-state index < -0.39 is 21.6 Å². The maximum Gasteiger partial charge on any atom is 0.335 e. The Morgan fingerprint density at radius 1 is 1.13 bits per heavy atom. The quantitative estimate of drug-likeness (QED) is 0.546. The van der Waals surface area contributed by atoms with E-state index in [2.05, 4.69) is 0 Å². The van der Waals surface area contributed by atoms with Crippen LogP contribution >= 0.6 is 11.6 Å². The maximum absolute atomic E-state index is 13.5. The van der Waals surface area contributed by atoms with Crippen LogP contribution in [-0.2, 0) is 26.2 Å². The number of nitrogens with zero attached hydrogens (tertiary/aromatic N) is 1. The van der Waals surface area contributed by atoms with Crippen molar-refractivity contribution in [3.05, 3.63) is 64.8 Å². The first-order valence-corrected chi connectivity index (χ1v) is 11.3. The molecule has 0 radical (unpaired) electrons. The van der Waals surface area contributed by atoms with Gasteiger partial charge in [0, 0.05) is 10.4 Å². The highest BCUT2D eigenvalue weighted by Gasteiger charge is 2.30. The fraction of sp³-hybridized carbons (Fsp3) is 0.318. The van der Waals surface area contributed by atoms with Crippen molar-refractivity contribution in [1.82, 2.24) is 3.97 Å². The zero-order valence-corrected chi connectivity index (χ0v) is 18.8. The van der Waals surface area contributed by atoms with E-state index in [-0.39, 0.29) is 17.4 Å². The van der Waals surface area contributed by atoms with E-state index in [4.69, 9.17) is 16.3 Å². The molecule has 0 unspecified atom stereocenters. The van der Waals surface area contributed by atoms with Crippen molar-refractivity contribution >= 4 is 38.5 Å². The molecule has 30 heavy (non-hydrogen) atoms. The smallest absolute Gasteiger partial charge is 0.335 e. The number of carboxylic acids is 1. The number of hydrogen-bond acceptors (Lipinski definition) is 4. The Kier molecular flexibility index (Phi) is 6.00. The van der Waals surface area contributed by atoms with Gasteiger partial charge in [-0.1, -0.05) is 37.6 Å². The van der Waals surface area contributed by atoms with Gasteiger partial charge in [0.25, 0.3) is 10.0 Å². The molecule has 0 saturated carbocycles. The van der Waals surface area contributed by atoms with Crippen molar-refractivity contribution in [2.45, 2.75) is 50.7 Å². The molecule has 0 saturated heterocycles. The summed E-state index contributed by atoms with van der Waals surface area (Å²) in [5.41, 5.74) is 0.320. The number of rotatable bonds is 7. The van der Waals surface area contributed by atoms with Gasteiger partial charge in [0.1, 0.15) is 0 Å². The summed E-state index contributed by atoms with van der Waals surface area (Å²) in [4.78, 5) is 11.5. The lowest BCUT2D eigenvalue weighted by molar-refractivity contribution is -0.162. The van der Waals surface area contributed by atoms with Crippen LogP contribution in [0.3, 0.4) is 0 Å². The fourth-order valence-corrected chi connectivity index (χ4v) is 4.76. The Balaban J connectivity index is 2.13. The van der Waals surface area contributed by atoms with Gasteiger partial charge in [-0.15, -0.1) is 0 Å². The molecule has 0 aliphatic rings. The lowest BCUT2D eigenvalue weighted by Gasteiger charge is -2.21. The van der Waals surface area contributed by atoms with Gasteiger partial charge in [-0.05, 0) is 61.7 Å². The van der Waals surface area contributed by atoms with Crippen LogP contribution in [0.1, 0.15) is 44.9 Å². The maximum atomic E-state index is 13.5. The summed E-state index contributed by atoms with van der Waals surface area (Å²) in [5, 5.41) is 10.4. The van der Waals surface area contributed by atoms with Crippen LogP contribution in [0.2, 0.25) is 5.02 Å². The summed E-state index contributed by atoms with van der Waals surface area (Å²) in [7, 11) is -3.95. The molecule has 1 heterocycles. The molecule has 2 aromatic carbocycles. The lowest BCUT2D eigenvalue weighted by atomic mass is 10.0. The molecule has 0 fully saturated rings. The molecular weight excluding hydrogens is 426 g/mol. The normalized spacial score (nSPS) is 12.6. The van der Waals surface area contributed by atoms with Gasteiger partial charge in [0.2, 0.25) is 0 Å². The average molecular weight is 450 g/mol. The van der Waals surface area contributed by atoms with E-state index in [1.54, 1.807) is 48.5 Å². The molecule has 0 bridgehead atoms. The van der Waals surface area contributed by atoms with Crippen molar-refractivity contribution in [2.75, 3.05) is 0 Å². The first-order valence-electron chi connectivity index (χ1n) is 9.46. The Morgan fingerprint density at radius 2 is 1.77 bits per heavy atom. The molecule has 160 valence electrons. The van der Waals surface area contributed by atoms with Crippen molar-refractivity contribution in [3.8, 4) is 0 Å². The predicted octanol–water partition coefficient (Wildman–Crippen LogP) is 5.03. The number of hydrogen-bond donors (Lipinski definition) is 1. The molecule has 1 N–H and O–H groups in total. The third kappa shape index (κ3) is 4.24. The minimum absolute atomic E-state index is 0.137. The zero-order valence-electron chi connectivity index (χ0n) is 17.2. The first kappa shape index (κ1) is 22.3. The number of ether oxygens (including phenoxy) is 1. The highest BCUT2D eigenvalue weighted by molar-refractivity contribution is 7.90. The van der Waals surface area contributed by atoms with Crippen molar-refractivity contribution < 1.29 is 23.1 Å². The van der Waals surface area contributed by atoms with Crippen LogP contribution in [0, 0.1) is 0 Å². The molecule has 3 rings (SSSR count). The van der Waals surface area contributed by atoms with Crippen LogP contribution in [-0.4, -0.2) is 29.1 Å². The lowest BCUT2D eigenvalue weighted by Crippen LogP contribution is -2.34. The van der Waals surface area contributed by atoms with E-state index in [0.717, 1.165) is 5.56 Å². The molecule has 0 aliphatic carbocycles. The van der Waals surface area contributed by atoms with Crippen LogP contribution in [0.5, 0.6) is 0 Å². The summed E-state index contributed by atoms with van der Waals surface area (Å²) < 4.78 is 33.8. The Labute approximate surface area is 181 Å². The number of fused-ring (bicyclic) bond motifs is 1. The summed E-state index contributed by atoms with van der Waals surface area (Å²) in [6.07, 6.45) is 0. The van der Waals surface area contributed by atoms with Crippen LogP contribution in [0.4, 0.5) is 0 Å². The molecule has 0 aliphatic heterocycles. The first-order chi connectivity index (χ1) is 13.9. The molecule has 0 spiro atoms. The largest absolute Gasteiger partial charge is 0.479 e. The predicted molar refractivity (Wildman–Crippen MR) is 117 cm³/mol. The summed E-state index contributed by atoms with van der Waals surface area (Å²) in [5.74, 6) is -0.862. The molecule has 6 nitrogen and oxygen atoms in total. The van der Waals surface area contributed by atoms with E-state index >= 15 is 0 Å². The molecule has 1 aromatic heterocycles. The number of carboxylic acid groups (broad SMARTS) is 1. The minimum atomic E-state index is -3.95. The second-order valence-corrected chi connectivity index (χ2v) is 10.2. The van der Waals surface area contributed by atoms with Gasteiger partial charge in [0.15, 0.2) is 5.60 Å². The van der Waals surface area contributed by atoms with Gasteiger partial charge in [-0.3, -0.25) is 0 Å². The monoisotopic (exact) mass is 449 g/mol. The summed E-state index contributed by atoms with van der Waals surface area (Å²) in [6, 6.07) is 13.3. The molecule has 3 aromatic rings. The number of aliphatic carboxylic acids is 1. The van der Waals surface area contributed by atoms with Gasteiger partial charge < -0.3 is 9.84 Å². The third-order valence-electron chi connectivity index (χ3n) is 4.97. The van der Waals surface area contributed by atoms with Crippen LogP contribution in [0.25, 0.3) is 10.9 Å². The Bertz CT molecular complexity index is 1190. The number of aromatic nitrogens is 1. The SMILES string of the molecule is CC(C)c1ccc(S(=O)(=O)n2c(COC(C)(C)C(=O)O)cc3cc(Cl)ccc32)cc1. The Hall–Kier alpha value is -2.35. The summed E-state index contributed by atoms with van der Waals surface area (Å²) in [6.45, 7) is 6.70. The van der Waals surface area contributed by atoms with E-state index in [1.807, 2.05) is 13.8 Å². The van der Waals surface area contributed by atoms with Gasteiger partial charge in [-0.2, -0.15) is 0 Å². The number of carbonyl (C=O) groups is 1. The van der Waals surface area contributed by atoms with Crippen LogP contribution in [0.15, 0.2) is 53.4 Å². The molecule has 0 amide bonds. The second kappa shape index (κ2) is 8.06. The fourth-order valence-electron chi connectivity index (χ4n) is 3.05. The number of benzene rings is 2. The highest BCUT2D eigenvalue weighted by Crippen LogP contribution is 2.30. The topological polar surface area (TPSA) is 85.6 Å². The number of halogens is 1. The molecule has 8 heteroatoms. The molecular formula is C22H24ClNO5S. The third-order valence-corrected chi connectivity index (χ3v) is 6.99. The van der Waals surface area contributed by atoms with E-state index in [9.17, 15) is 18.3 Å². The molecule has 0 atom stereocenters. The zero-order chi connectivity index (χ0) is 22.3. The van der Waals surface area contributed by atoms with Crippen molar-refractivity contribution in [2.24, 2.45) is 0 Å².